The highest BCUT2D eigenvalue weighted by Crippen LogP contribution is 2.20. The molecule has 0 unspecified atom stereocenters. The van der Waals surface area contributed by atoms with Gasteiger partial charge in [0, 0.05) is 30.2 Å². The van der Waals surface area contributed by atoms with Crippen LogP contribution in [0.25, 0.3) is 10.7 Å². The summed E-state index contributed by atoms with van der Waals surface area (Å²) in [4.78, 5) is 14.1. The Morgan fingerprint density at radius 1 is 1.28 bits per heavy atom. The minimum Gasteiger partial charge on any atom is -0.313 e. The minimum absolute atomic E-state index is 0.786. The van der Waals surface area contributed by atoms with Crippen LogP contribution in [0.15, 0.2) is 17.9 Å². The van der Waals surface area contributed by atoms with Crippen LogP contribution in [0.2, 0.25) is 0 Å². The second kappa shape index (κ2) is 6.56. The van der Waals surface area contributed by atoms with Gasteiger partial charge in [0.1, 0.15) is 0 Å². The Morgan fingerprint density at radius 3 is 2.83 bits per heavy atom. The van der Waals surface area contributed by atoms with Gasteiger partial charge in [-0.15, -0.1) is 11.3 Å². The summed E-state index contributed by atoms with van der Waals surface area (Å²) in [6, 6.07) is 0. The highest BCUT2D eigenvalue weighted by molar-refractivity contribution is 7.13. The van der Waals surface area contributed by atoms with Crippen LogP contribution in [0.5, 0.6) is 0 Å². The first kappa shape index (κ1) is 13.1. The fourth-order valence-electron chi connectivity index (χ4n) is 1.74. The van der Waals surface area contributed by atoms with E-state index in [4.69, 9.17) is 0 Å². The Kier molecular flexibility index (Phi) is 4.78. The van der Waals surface area contributed by atoms with E-state index in [1.807, 2.05) is 12.4 Å². The Bertz CT molecular complexity index is 482. The molecule has 18 heavy (non-hydrogen) atoms. The summed E-state index contributed by atoms with van der Waals surface area (Å²) in [6.45, 7) is 6.17. The molecular weight excluding hydrogens is 244 g/mol. The Hall–Kier alpha value is -1.33. The zero-order valence-electron chi connectivity index (χ0n) is 10.8. The summed E-state index contributed by atoms with van der Waals surface area (Å²) in [7, 11) is 0. The molecule has 2 aromatic rings. The summed E-state index contributed by atoms with van der Waals surface area (Å²) in [5, 5.41) is 3.39. The smallest absolute Gasteiger partial charge is 0.171 e. The van der Waals surface area contributed by atoms with Crippen molar-refractivity contribution >= 4 is 11.3 Å². The first-order valence-corrected chi connectivity index (χ1v) is 7.17. The summed E-state index contributed by atoms with van der Waals surface area (Å²) >= 11 is 1.57. The molecule has 0 saturated heterocycles. The van der Waals surface area contributed by atoms with E-state index in [2.05, 4.69) is 34.1 Å². The highest BCUT2D eigenvalue weighted by Gasteiger charge is 2.08. The van der Waals surface area contributed by atoms with Gasteiger partial charge in [0.2, 0.25) is 0 Å². The van der Waals surface area contributed by atoms with Gasteiger partial charge < -0.3 is 5.32 Å². The van der Waals surface area contributed by atoms with Crippen molar-refractivity contribution in [1.29, 1.82) is 0 Å². The maximum absolute atomic E-state index is 4.63. The van der Waals surface area contributed by atoms with Crippen molar-refractivity contribution < 1.29 is 0 Å². The number of nitrogens with zero attached hydrogens (tertiary/aromatic N) is 3. The lowest BCUT2D eigenvalue weighted by Gasteiger charge is -2.08. The normalized spacial score (nSPS) is 10.8. The standard InChI is InChI=1S/C13H18N4S/c1-3-5-14-6-10-7-16-13(17-11(10)4-2)12-8-15-9-18-12/h7-9,14H,3-6H2,1-2H3. The third-order valence-corrected chi connectivity index (χ3v) is 3.45. The third-order valence-electron chi connectivity index (χ3n) is 2.68. The van der Waals surface area contributed by atoms with Gasteiger partial charge in [-0.3, -0.25) is 4.98 Å². The van der Waals surface area contributed by atoms with E-state index in [-0.39, 0.29) is 0 Å². The number of rotatable bonds is 6. The average Bonchev–Trinajstić information content (AvgIpc) is 2.93. The average molecular weight is 262 g/mol. The number of hydrogen-bond acceptors (Lipinski definition) is 5. The van der Waals surface area contributed by atoms with Crippen LogP contribution in [0.1, 0.15) is 31.5 Å². The van der Waals surface area contributed by atoms with E-state index in [0.29, 0.717) is 0 Å². The van der Waals surface area contributed by atoms with Crippen LogP contribution < -0.4 is 5.32 Å². The predicted molar refractivity (Wildman–Crippen MR) is 74.5 cm³/mol. The van der Waals surface area contributed by atoms with E-state index >= 15 is 0 Å². The first-order valence-electron chi connectivity index (χ1n) is 6.29. The van der Waals surface area contributed by atoms with Gasteiger partial charge in [0.15, 0.2) is 5.82 Å². The molecule has 2 heterocycles. The molecule has 4 nitrogen and oxygen atoms in total. The highest BCUT2D eigenvalue weighted by atomic mass is 32.1. The molecule has 0 aliphatic carbocycles. The van der Waals surface area contributed by atoms with Crippen LogP contribution in [-0.4, -0.2) is 21.5 Å². The minimum atomic E-state index is 0.786. The second-order valence-corrected chi connectivity index (χ2v) is 4.95. The summed E-state index contributed by atoms with van der Waals surface area (Å²) in [5.74, 6) is 0.786. The molecule has 0 fully saturated rings. The van der Waals surface area contributed by atoms with E-state index in [9.17, 15) is 0 Å². The monoisotopic (exact) mass is 262 g/mol. The van der Waals surface area contributed by atoms with Crippen molar-refractivity contribution in [3.63, 3.8) is 0 Å². The van der Waals surface area contributed by atoms with E-state index in [0.717, 1.165) is 42.3 Å². The maximum Gasteiger partial charge on any atom is 0.171 e. The molecule has 0 aliphatic heterocycles. The van der Waals surface area contributed by atoms with Crippen LogP contribution in [-0.2, 0) is 13.0 Å². The Balaban J connectivity index is 2.18. The lowest BCUT2D eigenvalue weighted by molar-refractivity contribution is 0.666. The van der Waals surface area contributed by atoms with Gasteiger partial charge in [-0.05, 0) is 19.4 Å². The fraction of sp³-hybridized carbons (Fsp3) is 0.462. The molecule has 0 saturated carbocycles. The van der Waals surface area contributed by atoms with Gasteiger partial charge >= 0.3 is 0 Å². The quantitative estimate of drug-likeness (QED) is 0.813. The van der Waals surface area contributed by atoms with Gasteiger partial charge in [-0.1, -0.05) is 13.8 Å². The molecular formula is C13H18N4S. The van der Waals surface area contributed by atoms with Crippen molar-refractivity contribution in [1.82, 2.24) is 20.3 Å². The lowest BCUT2D eigenvalue weighted by Crippen LogP contribution is -2.16. The molecule has 96 valence electrons. The van der Waals surface area contributed by atoms with Crippen molar-refractivity contribution in [3.8, 4) is 10.7 Å². The molecule has 0 bridgehead atoms. The molecule has 0 atom stereocenters. The topological polar surface area (TPSA) is 50.7 Å². The number of aryl methyl sites for hydroxylation is 1. The van der Waals surface area contributed by atoms with E-state index in [1.165, 1.54) is 5.56 Å². The molecule has 1 N–H and O–H groups in total. The number of thiazole rings is 1. The summed E-state index contributed by atoms with van der Waals surface area (Å²) in [6.07, 6.45) is 5.82. The van der Waals surface area contributed by atoms with Crippen LogP contribution in [0.4, 0.5) is 0 Å². The van der Waals surface area contributed by atoms with Gasteiger partial charge in [0.25, 0.3) is 0 Å². The Morgan fingerprint density at radius 2 is 2.17 bits per heavy atom. The molecule has 0 aromatic carbocycles. The Labute approximate surface area is 112 Å². The van der Waals surface area contributed by atoms with E-state index in [1.54, 1.807) is 16.8 Å². The lowest BCUT2D eigenvalue weighted by atomic mass is 10.2. The largest absolute Gasteiger partial charge is 0.313 e. The molecule has 0 spiro atoms. The summed E-state index contributed by atoms with van der Waals surface area (Å²) < 4.78 is 0. The van der Waals surface area contributed by atoms with Gasteiger partial charge in [-0.25, -0.2) is 9.97 Å². The predicted octanol–water partition coefficient (Wildman–Crippen LogP) is 2.66. The number of nitrogens with one attached hydrogen (secondary N) is 1. The van der Waals surface area contributed by atoms with Crippen molar-refractivity contribution in [2.24, 2.45) is 0 Å². The van der Waals surface area contributed by atoms with Crippen LogP contribution >= 0.6 is 11.3 Å². The fourth-order valence-corrected chi connectivity index (χ4v) is 2.30. The van der Waals surface area contributed by atoms with Gasteiger partial charge in [0.05, 0.1) is 10.4 Å². The van der Waals surface area contributed by atoms with Gasteiger partial charge in [-0.2, -0.15) is 0 Å². The van der Waals surface area contributed by atoms with Crippen molar-refractivity contribution in [3.05, 3.63) is 29.2 Å². The maximum atomic E-state index is 4.63. The first-order chi connectivity index (χ1) is 8.85. The van der Waals surface area contributed by atoms with Crippen molar-refractivity contribution in [2.75, 3.05) is 6.54 Å². The third kappa shape index (κ3) is 3.11. The molecule has 5 heteroatoms. The number of hydrogen-bond donors (Lipinski definition) is 1. The van der Waals surface area contributed by atoms with E-state index < -0.39 is 0 Å². The molecule has 0 radical (unpaired) electrons. The number of aromatic nitrogens is 3. The van der Waals surface area contributed by atoms with Crippen LogP contribution in [0, 0.1) is 0 Å². The zero-order chi connectivity index (χ0) is 12.8. The second-order valence-electron chi connectivity index (χ2n) is 4.06. The molecule has 0 aliphatic rings. The SMILES string of the molecule is CCCNCc1cnc(-c2cncs2)nc1CC. The molecule has 0 amide bonds. The summed E-state index contributed by atoms with van der Waals surface area (Å²) in [5.41, 5.74) is 4.12. The van der Waals surface area contributed by atoms with Crippen molar-refractivity contribution in [2.45, 2.75) is 33.2 Å². The van der Waals surface area contributed by atoms with Crippen LogP contribution in [0.3, 0.4) is 0 Å². The molecule has 2 rings (SSSR count). The molecule has 2 aromatic heterocycles. The zero-order valence-corrected chi connectivity index (χ0v) is 11.6.